The lowest BCUT2D eigenvalue weighted by Crippen LogP contribution is -2.34. The van der Waals surface area contributed by atoms with Gasteiger partial charge in [0, 0.05) is 41.9 Å². The third kappa shape index (κ3) is 7.87. The molecule has 4 heterocycles. The van der Waals surface area contributed by atoms with Crippen LogP contribution in [0.1, 0.15) is 82.9 Å². The minimum absolute atomic E-state index is 0.000437. The maximum absolute atomic E-state index is 12.3. The van der Waals surface area contributed by atoms with Gasteiger partial charge in [0.1, 0.15) is 17.2 Å². The van der Waals surface area contributed by atoms with E-state index in [1.165, 1.54) is 46.5 Å². The summed E-state index contributed by atoms with van der Waals surface area (Å²) in [5.41, 5.74) is 8.12. The number of aromatic hydroxyl groups is 2. The van der Waals surface area contributed by atoms with Crippen LogP contribution in [0.3, 0.4) is 0 Å². The summed E-state index contributed by atoms with van der Waals surface area (Å²) in [6.45, 7) is 3.59. The summed E-state index contributed by atoms with van der Waals surface area (Å²) in [7, 11) is 11.1. The molecule has 11 rings (SSSR count). The Morgan fingerprint density at radius 1 is 0.600 bits per heavy atom. The number of hydrogen-bond acceptors (Lipinski definition) is 12. The Labute approximate surface area is 378 Å². The number of phenolic OH excluding ortho intramolecular Hbond substituents is 2. The number of carbonyl (C=O) groups excluding carboxylic acids is 2. The first-order valence-electron chi connectivity index (χ1n) is 21.7. The number of rotatable bonds is 4. The van der Waals surface area contributed by atoms with Crippen molar-refractivity contribution >= 4 is 11.6 Å². The molecule has 6 bridgehead atoms. The summed E-state index contributed by atoms with van der Waals surface area (Å²) in [6, 6.07) is 28.6. The van der Waals surface area contributed by atoms with Gasteiger partial charge >= 0.3 is 0 Å². The molecule has 1 aliphatic carbocycles. The van der Waals surface area contributed by atoms with Crippen LogP contribution in [0, 0.1) is 6.92 Å². The van der Waals surface area contributed by atoms with Crippen molar-refractivity contribution in [2.24, 2.45) is 0 Å². The summed E-state index contributed by atoms with van der Waals surface area (Å²) in [5, 5.41) is 19.6. The van der Waals surface area contributed by atoms with Crippen LogP contribution in [-0.4, -0.2) is 87.2 Å². The second-order valence-electron chi connectivity index (χ2n) is 17.0. The Balaban J connectivity index is 0.000000233. The molecule has 0 saturated heterocycles. The van der Waals surface area contributed by atoms with E-state index in [1.807, 2.05) is 18.2 Å². The van der Waals surface area contributed by atoms with Crippen molar-refractivity contribution in [3.05, 3.63) is 152 Å². The second-order valence-corrected chi connectivity index (χ2v) is 17.0. The van der Waals surface area contributed by atoms with Crippen molar-refractivity contribution in [1.82, 2.24) is 9.80 Å². The number of methoxy groups -OCH3 is 4. The van der Waals surface area contributed by atoms with Crippen LogP contribution < -0.4 is 28.4 Å². The molecule has 4 aliphatic heterocycles. The van der Waals surface area contributed by atoms with Gasteiger partial charge in [-0.1, -0.05) is 30.3 Å². The van der Waals surface area contributed by atoms with Crippen molar-refractivity contribution in [3.63, 3.8) is 0 Å². The van der Waals surface area contributed by atoms with Crippen LogP contribution in [0.15, 0.2) is 91.0 Å². The van der Waals surface area contributed by atoms with Gasteiger partial charge in [0.2, 0.25) is 11.5 Å². The Morgan fingerprint density at radius 3 is 1.97 bits per heavy atom. The quantitative estimate of drug-likeness (QED) is 0.174. The van der Waals surface area contributed by atoms with Crippen molar-refractivity contribution in [2.75, 3.05) is 55.6 Å². The molecule has 0 amide bonds. The molecular formula is C53H52N2O10. The van der Waals surface area contributed by atoms with Crippen molar-refractivity contribution < 1.29 is 48.2 Å². The second kappa shape index (κ2) is 17.5. The third-order valence-electron chi connectivity index (χ3n) is 13.1. The zero-order valence-corrected chi connectivity index (χ0v) is 37.6. The number of benzene rings is 6. The fourth-order valence-corrected chi connectivity index (χ4v) is 9.70. The molecule has 65 heavy (non-hydrogen) atoms. The highest BCUT2D eigenvalue weighted by atomic mass is 16.5. The van der Waals surface area contributed by atoms with E-state index in [1.54, 1.807) is 41.4 Å². The van der Waals surface area contributed by atoms with Crippen LogP contribution >= 0.6 is 0 Å². The molecule has 5 aliphatic rings. The van der Waals surface area contributed by atoms with E-state index in [9.17, 15) is 19.8 Å². The Bertz CT molecular complexity index is 2850. The topological polar surface area (TPSA) is 136 Å². The van der Waals surface area contributed by atoms with Crippen LogP contribution in [-0.2, 0) is 25.7 Å². The highest BCUT2D eigenvalue weighted by Crippen LogP contribution is 2.52. The van der Waals surface area contributed by atoms with E-state index in [-0.39, 0.29) is 51.6 Å². The van der Waals surface area contributed by atoms with E-state index < -0.39 is 5.78 Å². The number of nitrogens with zero attached hydrogens (tertiary/aromatic N) is 2. The van der Waals surface area contributed by atoms with Gasteiger partial charge in [-0.3, -0.25) is 19.4 Å². The molecular weight excluding hydrogens is 825 g/mol. The van der Waals surface area contributed by atoms with Gasteiger partial charge in [-0.05, 0) is 141 Å². The largest absolute Gasteiger partial charge is 0.507 e. The van der Waals surface area contributed by atoms with Crippen LogP contribution in [0.5, 0.6) is 57.5 Å². The van der Waals surface area contributed by atoms with E-state index in [2.05, 4.69) is 66.4 Å². The van der Waals surface area contributed by atoms with Gasteiger partial charge in [-0.2, -0.15) is 0 Å². The molecule has 12 nitrogen and oxygen atoms in total. The Hall–Kier alpha value is -7.02. The summed E-state index contributed by atoms with van der Waals surface area (Å²) in [4.78, 5) is 29.5. The van der Waals surface area contributed by atoms with Gasteiger partial charge in [0.05, 0.1) is 39.6 Å². The van der Waals surface area contributed by atoms with E-state index in [0.717, 1.165) is 55.6 Å². The Kier molecular flexibility index (Phi) is 11.6. The fourth-order valence-electron chi connectivity index (χ4n) is 9.70. The molecule has 2 atom stereocenters. The molecule has 334 valence electrons. The molecule has 12 heteroatoms. The molecule has 0 fully saturated rings. The normalized spacial score (nSPS) is 17.4. The molecule has 6 aromatic carbocycles. The number of fused-ring (bicyclic) bond motifs is 4. The lowest BCUT2D eigenvalue weighted by atomic mass is 9.82. The van der Waals surface area contributed by atoms with Crippen molar-refractivity contribution in [1.29, 1.82) is 0 Å². The van der Waals surface area contributed by atoms with Crippen LogP contribution in [0.4, 0.5) is 0 Å². The monoisotopic (exact) mass is 876 g/mol. The van der Waals surface area contributed by atoms with E-state index in [4.69, 9.17) is 28.4 Å². The number of ketones is 2. The summed E-state index contributed by atoms with van der Waals surface area (Å²) in [6.07, 6.45) is 3.37. The number of likely N-dealkylation sites (N-methyl/N-ethyl adjacent to an activating group) is 2. The summed E-state index contributed by atoms with van der Waals surface area (Å²) >= 11 is 0. The molecule has 0 saturated carbocycles. The maximum atomic E-state index is 12.3. The maximum Gasteiger partial charge on any atom is 0.204 e. The van der Waals surface area contributed by atoms with Crippen molar-refractivity contribution in [3.8, 4) is 57.5 Å². The average molecular weight is 877 g/mol. The highest BCUT2D eigenvalue weighted by Gasteiger charge is 2.36. The van der Waals surface area contributed by atoms with Crippen LogP contribution in [0.2, 0.25) is 0 Å². The van der Waals surface area contributed by atoms with E-state index in [0.29, 0.717) is 45.8 Å². The Morgan fingerprint density at radius 2 is 1.25 bits per heavy atom. The highest BCUT2D eigenvalue weighted by molar-refractivity contribution is 6.30. The average Bonchev–Trinajstić information content (AvgIpc) is 3.30. The SMILES string of the molecule is COc1ccc2cc1Oc1ccc(cc1)CC1c3cc(c(OC)cc3CCN1C)Oc1c(OC)c(OC)cc3c1C(C2)N(C)CC3.Cc1cc(O)c2c(c1)C(=O)c1cccc(O)c1C2=O. The fraction of sp³-hybridized carbons (Fsp3) is 0.283. The standard InChI is InChI=1S/C38H42N2O6.C15H10O4/c1-39-15-13-25-20-32(42-4)34-22-28(25)29(39)17-23-7-10-27(11-8-23)45-33-19-24(9-12-31(33)41-3)18-30-36-26(14-16-40(30)2)21-35(43-5)37(44-6)38(36)46-34;1-7-5-9-13(11(17)6-7)15(19)12-8(14(9)18)3-2-4-10(12)16/h7-12,19-22,29-30H,13-18H2,1-6H3;2-6,16-17H,1H3. The van der Waals surface area contributed by atoms with Gasteiger partial charge in [-0.25, -0.2) is 0 Å². The van der Waals surface area contributed by atoms with Gasteiger partial charge in [0.25, 0.3) is 0 Å². The zero-order valence-electron chi connectivity index (χ0n) is 37.6. The van der Waals surface area contributed by atoms with Gasteiger partial charge in [0.15, 0.2) is 40.3 Å². The molecule has 0 aromatic heterocycles. The van der Waals surface area contributed by atoms with E-state index >= 15 is 0 Å². The minimum atomic E-state index is -0.528. The molecule has 2 unspecified atom stereocenters. The lowest BCUT2D eigenvalue weighted by molar-refractivity contribution is 0.0974. The zero-order chi connectivity index (χ0) is 45.7. The number of ether oxygens (including phenoxy) is 6. The third-order valence-corrected chi connectivity index (χ3v) is 13.1. The first-order valence-corrected chi connectivity index (χ1v) is 21.7. The number of carbonyl (C=O) groups is 2. The lowest BCUT2D eigenvalue weighted by Gasteiger charge is -2.37. The first-order chi connectivity index (χ1) is 31.4. The summed E-state index contributed by atoms with van der Waals surface area (Å²) < 4.78 is 37.1. The van der Waals surface area contributed by atoms with Gasteiger partial charge in [-0.15, -0.1) is 0 Å². The number of aryl methyl sites for hydroxylation is 1. The summed E-state index contributed by atoms with van der Waals surface area (Å²) in [5.74, 6) is 4.04. The van der Waals surface area contributed by atoms with Crippen molar-refractivity contribution in [2.45, 2.75) is 44.7 Å². The smallest absolute Gasteiger partial charge is 0.204 e. The molecule has 6 aromatic rings. The molecule has 2 N–H and O–H groups in total. The minimum Gasteiger partial charge on any atom is -0.507 e. The number of phenols is 2. The molecule has 0 radical (unpaired) electrons. The first kappa shape index (κ1) is 43.2. The predicted octanol–water partition coefficient (Wildman–Crippen LogP) is 9.34. The predicted molar refractivity (Wildman–Crippen MR) is 245 cm³/mol. The van der Waals surface area contributed by atoms with Gasteiger partial charge < -0.3 is 38.6 Å². The number of hydrogen-bond donors (Lipinski definition) is 2. The molecule has 0 spiro atoms. The van der Waals surface area contributed by atoms with Crippen LogP contribution in [0.25, 0.3) is 0 Å².